The number of likely N-dealkylation sites (tertiary alicyclic amines) is 3. The van der Waals surface area contributed by atoms with Crippen LogP contribution in [0.2, 0.25) is 0 Å². The number of hydrogen-bond donors (Lipinski definition) is 1. The molecule has 3 aliphatic rings. The van der Waals surface area contributed by atoms with Crippen LogP contribution in [-0.2, 0) is 4.79 Å². The van der Waals surface area contributed by atoms with Gasteiger partial charge in [-0.05, 0) is 32.2 Å². The molecular weight excluding hydrogens is 256 g/mol. The van der Waals surface area contributed by atoms with Crippen molar-refractivity contribution >= 4 is 11.9 Å². The second-order valence-corrected chi connectivity index (χ2v) is 6.24. The molecule has 6 nitrogen and oxygen atoms in total. The molecule has 0 saturated carbocycles. The van der Waals surface area contributed by atoms with Gasteiger partial charge in [-0.25, -0.2) is 4.79 Å². The van der Waals surface area contributed by atoms with Crippen LogP contribution in [0, 0.1) is 5.92 Å². The number of nitrogens with one attached hydrogen (secondary N) is 1. The molecule has 0 aromatic heterocycles. The highest BCUT2D eigenvalue weighted by Crippen LogP contribution is 2.35. The summed E-state index contributed by atoms with van der Waals surface area (Å²) in [5.41, 5.74) is 0. The summed E-state index contributed by atoms with van der Waals surface area (Å²) in [5.74, 6) is 0.535. The molecule has 0 aliphatic carbocycles. The molecule has 6 heteroatoms. The van der Waals surface area contributed by atoms with Crippen molar-refractivity contribution in [3.63, 3.8) is 0 Å². The summed E-state index contributed by atoms with van der Waals surface area (Å²) < 4.78 is 0. The molecule has 3 rings (SSSR count). The highest BCUT2D eigenvalue weighted by atomic mass is 16.2. The number of hydrogen-bond acceptors (Lipinski definition) is 3. The van der Waals surface area contributed by atoms with Crippen LogP contribution < -0.4 is 5.32 Å². The molecule has 3 atom stereocenters. The van der Waals surface area contributed by atoms with Gasteiger partial charge in [-0.15, -0.1) is 0 Å². The molecule has 0 spiro atoms. The van der Waals surface area contributed by atoms with E-state index >= 15 is 0 Å². The van der Waals surface area contributed by atoms with Crippen LogP contribution in [0.5, 0.6) is 0 Å². The summed E-state index contributed by atoms with van der Waals surface area (Å²) in [6.07, 6.45) is 3.13. The van der Waals surface area contributed by atoms with E-state index in [2.05, 4.69) is 10.2 Å². The van der Waals surface area contributed by atoms with E-state index in [1.54, 1.807) is 7.05 Å². The lowest BCUT2D eigenvalue weighted by Crippen LogP contribution is -2.47. The summed E-state index contributed by atoms with van der Waals surface area (Å²) in [6, 6.07) is 0.504. The van der Waals surface area contributed by atoms with Crippen molar-refractivity contribution in [3.8, 4) is 0 Å². The fourth-order valence-corrected chi connectivity index (χ4v) is 3.95. The third kappa shape index (κ3) is 2.16. The van der Waals surface area contributed by atoms with Gasteiger partial charge in [0.05, 0.1) is 6.04 Å². The van der Waals surface area contributed by atoms with Crippen LogP contribution in [0.4, 0.5) is 4.79 Å². The molecule has 0 aromatic carbocycles. The Kier molecular flexibility index (Phi) is 3.58. The third-order valence-corrected chi connectivity index (χ3v) is 5.14. The SMILES string of the molecule is CNC(=O)[C@@H]1C[C@H]2CN(C(=O)N3CCCC3)C[C@H]2N1C. The summed E-state index contributed by atoms with van der Waals surface area (Å²) >= 11 is 0. The highest BCUT2D eigenvalue weighted by molar-refractivity contribution is 5.82. The fourth-order valence-electron chi connectivity index (χ4n) is 3.95. The molecule has 0 bridgehead atoms. The van der Waals surface area contributed by atoms with Gasteiger partial charge in [0.1, 0.15) is 0 Å². The number of fused-ring (bicyclic) bond motifs is 1. The first-order valence-electron chi connectivity index (χ1n) is 7.59. The third-order valence-electron chi connectivity index (χ3n) is 5.14. The van der Waals surface area contributed by atoms with E-state index in [0.717, 1.165) is 45.4 Å². The van der Waals surface area contributed by atoms with Gasteiger partial charge >= 0.3 is 6.03 Å². The summed E-state index contributed by atoms with van der Waals surface area (Å²) in [6.45, 7) is 3.38. The Labute approximate surface area is 120 Å². The molecular formula is C14H24N4O2. The maximum atomic E-state index is 12.4. The molecule has 3 heterocycles. The average molecular weight is 280 g/mol. The number of likely N-dealkylation sites (N-methyl/N-ethyl adjacent to an activating group) is 2. The molecule has 0 unspecified atom stereocenters. The van der Waals surface area contributed by atoms with Crippen molar-refractivity contribution in [3.05, 3.63) is 0 Å². The normalized spacial score (nSPS) is 33.6. The zero-order chi connectivity index (χ0) is 14.3. The largest absolute Gasteiger partial charge is 0.358 e. The Morgan fingerprint density at radius 1 is 1.10 bits per heavy atom. The van der Waals surface area contributed by atoms with Crippen LogP contribution in [0.3, 0.4) is 0 Å². The first kappa shape index (κ1) is 13.7. The van der Waals surface area contributed by atoms with Crippen molar-refractivity contribution in [2.45, 2.75) is 31.3 Å². The van der Waals surface area contributed by atoms with Crippen LogP contribution >= 0.6 is 0 Å². The number of carbonyl (C=O) groups is 2. The Balaban J connectivity index is 1.62. The van der Waals surface area contributed by atoms with Crippen molar-refractivity contribution in [1.82, 2.24) is 20.0 Å². The molecule has 20 heavy (non-hydrogen) atoms. The van der Waals surface area contributed by atoms with Gasteiger partial charge in [-0.3, -0.25) is 9.69 Å². The number of nitrogens with zero attached hydrogens (tertiary/aromatic N) is 3. The van der Waals surface area contributed by atoms with E-state index in [9.17, 15) is 9.59 Å². The van der Waals surface area contributed by atoms with E-state index in [1.807, 2.05) is 16.8 Å². The average Bonchev–Trinajstić information content (AvgIpc) is 3.15. The van der Waals surface area contributed by atoms with Crippen molar-refractivity contribution in [1.29, 1.82) is 0 Å². The molecule has 1 N–H and O–H groups in total. The van der Waals surface area contributed by atoms with Gasteiger partial charge in [0.2, 0.25) is 5.91 Å². The van der Waals surface area contributed by atoms with Gasteiger partial charge in [-0.1, -0.05) is 0 Å². The van der Waals surface area contributed by atoms with Crippen molar-refractivity contribution in [2.75, 3.05) is 40.3 Å². The maximum absolute atomic E-state index is 12.4. The predicted molar refractivity (Wildman–Crippen MR) is 75.3 cm³/mol. The lowest BCUT2D eigenvalue weighted by molar-refractivity contribution is -0.125. The fraction of sp³-hybridized carbons (Fsp3) is 0.857. The summed E-state index contributed by atoms with van der Waals surface area (Å²) in [4.78, 5) is 30.4. The van der Waals surface area contributed by atoms with Crippen molar-refractivity contribution < 1.29 is 9.59 Å². The highest BCUT2D eigenvalue weighted by Gasteiger charge is 2.48. The zero-order valence-electron chi connectivity index (χ0n) is 12.3. The minimum Gasteiger partial charge on any atom is -0.358 e. The van der Waals surface area contributed by atoms with E-state index in [0.29, 0.717) is 12.0 Å². The van der Waals surface area contributed by atoms with Crippen LogP contribution in [-0.4, -0.2) is 79.0 Å². The Morgan fingerprint density at radius 2 is 1.80 bits per heavy atom. The number of urea groups is 1. The molecule has 3 saturated heterocycles. The second kappa shape index (κ2) is 5.24. The molecule has 0 aromatic rings. The number of rotatable bonds is 1. The van der Waals surface area contributed by atoms with E-state index in [-0.39, 0.29) is 18.0 Å². The first-order valence-corrected chi connectivity index (χ1v) is 7.59. The standard InChI is InChI=1S/C14H24N4O2/c1-15-13(19)11-7-10-8-18(9-12(10)16(11)2)14(20)17-5-3-4-6-17/h10-12H,3-9H2,1-2H3,(H,15,19)/t10-,11-,12+/m0/s1. The van der Waals surface area contributed by atoms with E-state index < -0.39 is 0 Å². The van der Waals surface area contributed by atoms with Crippen molar-refractivity contribution in [2.24, 2.45) is 5.92 Å². The molecule has 3 fully saturated rings. The minimum absolute atomic E-state index is 0.0287. The topological polar surface area (TPSA) is 55.9 Å². The molecule has 112 valence electrons. The van der Waals surface area contributed by atoms with E-state index in [4.69, 9.17) is 0 Å². The number of carbonyl (C=O) groups excluding carboxylic acids is 2. The lowest BCUT2D eigenvalue weighted by Gasteiger charge is -2.28. The second-order valence-electron chi connectivity index (χ2n) is 6.24. The Morgan fingerprint density at radius 3 is 2.40 bits per heavy atom. The monoisotopic (exact) mass is 280 g/mol. The zero-order valence-corrected chi connectivity index (χ0v) is 12.3. The minimum atomic E-state index is -0.0287. The van der Waals surface area contributed by atoms with E-state index in [1.165, 1.54) is 0 Å². The molecule has 0 radical (unpaired) electrons. The smallest absolute Gasteiger partial charge is 0.320 e. The van der Waals surface area contributed by atoms with Crippen LogP contribution in [0.15, 0.2) is 0 Å². The first-order chi connectivity index (χ1) is 9.61. The van der Waals surface area contributed by atoms with Gasteiger partial charge in [-0.2, -0.15) is 0 Å². The quantitative estimate of drug-likeness (QED) is 0.733. The Bertz CT molecular complexity index is 408. The molecule has 3 aliphatic heterocycles. The van der Waals surface area contributed by atoms with Crippen LogP contribution in [0.25, 0.3) is 0 Å². The van der Waals surface area contributed by atoms with Gasteiger partial charge in [0.15, 0.2) is 0 Å². The predicted octanol–water partition coefficient (Wildman–Crippen LogP) is -0.0473. The van der Waals surface area contributed by atoms with Gasteiger partial charge < -0.3 is 15.1 Å². The van der Waals surface area contributed by atoms with Gasteiger partial charge in [0, 0.05) is 39.3 Å². The van der Waals surface area contributed by atoms with Gasteiger partial charge in [0.25, 0.3) is 0 Å². The molecule has 3 amide bonds. The Hall–Kier alpha value is -1.30. The van der Waals surface area contributed by atoms with Crippen LogP contribution in [0.1, 0.15) is 19.3 Å². The summed E-state index contributed by atoms with van der Waals surface area (Å²) in [7, 11) is 3.70. The lowest BCUT2D eigenvalue weighted by atomic mass is 10.0. The maximum Gasteiger partial charge on any atom is 0.320 e. The number of amides is 3. The summed E-state index contributed by atoms with van der Waals surface area (Å²) in [5, 5.41) is 2.74.